The van der Waals surface area contributed by atoms with Crippen LogP contribution in [0.1, 0.15) is 38.2 Å². The van der Waals surface area contributed by atoms with Gasteiger partial charge < -0.3 is 15.1 Å². The summed E-state index contributed by atoms with van der Waals surface area (Å²) in [5.41, 5.74) is 2.23. The number of thiocarbonyl (C=S) groups is 1. The number of nitrogens with one attached hydrogen (secondary N) is 1. The van der Waals surface area contributed by atoms with Crippen LogP contribution in [0.5, 0.6) is 0 Å². The third-order valence-corrected chi connectivity index (χ3v) is 6.83. The van der Waals surface area contributed by atoms with E-state index in [-0.39, 0.29) is 17.5 Å². The van der Waals surface area contributed by atoms with E-state index in [1.165, 1.54) is 5.56 Å². The maximum Gasteiger partial charge on any atom is 0.173 e. The fourth-order valence-corrected chi connectivity index (χ4v) is 5.26. The van der Waals surface area contributed by atoms with Crippen molar-refractivity contribution in [2.45, 2.75) is 38.6 Å². The summed E-state index contributed by atoms with van der Waals surface area (Å²) in [6.07, 6.45) is 1.59. The van der Waals surface area contributed by atoms with Gasteiger partial charge in [0.2, 0.25) is 0 Å². The van der Waals surface area contributed by atoms with Crippen molar-refractivity contribution >= 4 is 32.9 Å². The van der Waals surface area contributed by atoms with Crippen LogP contribution in [-0.2, 0) is 9.84 Å². The average Bonchev–Trinajstić information content (AvgIpc) is 2.91. The molecule has 1 aliphatic rings. The van der Waals surface area contributed by atoms with Gasteiger partial charge in [-0.05, 0) is 69.3 Å². The van der Waals surface area contributed by atoms with Crippen LogP contribution in [-0.4, -0.2) is 68.1 Å². The number of sulfone groups is 1. The van der Waals surface area contributed by atoms with Crippen LogP contribution in [0.15, 0.2) is 24.3 Å². The number of hydrogen-bond acceptors (Lipinski definition) is 4. The van der Waals surface area contributed by atoms with Crippen molar-refractivity contribution in [3.63, 3.8) is 0 Å². The zero-order chi connectivity index (χ0) is 19.3. The van der Waals surface area contributed by atoms with E-state index < -0.39 is 9.84 Å². The topological polar surface area (TPSA) is 52.6 Å². The highest BCUT2D eigenvalue weighted by Gasteiger charge is 2.33. The fraction of sp³-hybridized carbons (Fsp3) is 0.632. The molecule has 1 N–H and O–H groups in total. The van der Waals surface area contributed by atoms with E-state index in [1.807, 2.05) is 26.2 Å². The molecule has 26 heavy (non-hydrogen) atoms. The molecule has 0 saturated carbocycles. The molecule has 1 saturated heterocycles. The molecular weight excluding hydrogens is 366 g/mol. The summed E-state index contributed by atoms with van der Waals surface area (Å²) in [6.45, 7) is 6.04. The highest BCUT2D eigenvalue weighted by molar-refractivity contribution is 7.91. The molecule has 1 aliphatic heterocycles. The van der Waals surface area contributed by atoms with Crippen LogP contribution in [0, 0.1) is 0 Å². The lowest BCUT2D eigenvalue weighted by Gasteiger charge is -2.31. The van der Waals surface area contributed by atoms with Crippen molar-refractivity contribution in [3.05, 3.63) is 29.8 Å². The number of anilines is 1. The normalized spacial score (nSPS) is 19.1. The lowest BCUT2D eigenvalue weighted by atomic mass is 10.0. The third-order valence-electron chi connectivity index (χ3n) is 4.74. The highest BCUT2D eigenvalue weighted by Crippen LogP contribution is 2.21. The van der Waals surface area contributed by atoms with Crippen molar-refractivity contribution in [3.8, 4) is 0 Å². The molecule has 0 unspecified atom stereocenters. The van der Waals surface area contributed by atoms with Gasteiger partial charge in [-0.25, -0.2) is 8.42 Å². The molecule has 0 amide bonds. The summed E-state index contributed by atoms with van der Waals surface area (Å²) in [4.78, 5) is 4.20. The Labute approximate surface area is 163 Å². The standard InChI is InChI=1S/C19H31N3O2S2/c1-15(2)16-6-8-17(9-7-16)20-19(25)22(12-5-11-21(3)4)18-10-13-26(23,24)14-18/h6-9,15,18H,5,10-14H2,1-4H3,(H,20,25)/t18-/m0/s1. The Kier molecular flexibility index (Phi) is 7.43. The summed E-state index contributed by atoms with van der Waals surface area (Å²) in [5.74, 6) is 0.943. The second-order valence-corrected chi connectivity index (χ2v) is 10.2. The van der Waals surface area contributed by atoms with Crippen LogP contribution in [0.3, 0.4) is 0 Å². The average molecular weight is 398 g/mol. The lowest BCUT2D eigenvalue weighted by Crippen LogP contribution is -2.44. The molecular formula is C19H31N3O2S2. The zero-order valence-corrected chi connectivity index (χ0v) is 17.9. The Hall–Kier alpha value is -1.18. The van der Waals surface area contributed by atoms with E-state index in [0.717, 1.165) is 25.2 Å². The van der Waals surface area contributed by atoms with E-state index in [1.54, 1.807) is 0 Å². The summed E-state index contributed by atoms with van der Waals surface area (Å²) >= 11 is 5.64. The lowest BCUT2D eigenvalue weighted by molar-refractivity contribution is 0.306. The van der Waals surface area contributed by atoms with Crippen molar-refractivity contribution < 1.29 is 8.42 Å². The first-order chi connectivity index (χ1) is 12.2. The molecule has 0 aliphatic carbocycles. The molecule has 146 valence electrons. The van der Waals surface area contributed by atoms with E-state index in [9.17, 15) is 8.42 Å². The van der Waals surface area contributed by atoms with E-state index in [4.69, 9.17) is 12.2 Å². The minimum Gasteiger partial charge on any atom is -0.345 e. The van der Waals surface area contributed by atoms with E-state index in [0.29, 0.717) is 17.5 Å². The maximum absolute atomic E-state index is 11.9. The summed E-state index contributed by atoms with van der Waals surface area (Å²) < 4.78 is 23.8. The molecule has 1 heterocycles. The van der Waals surface area contributed by atoms with Gasteiger partial charge in [0.25, 0.3) is 0 Å². The SMILES string of the molecule is CC(C)c1ccc(NC(=S)N(CCCN(C)C)[C@H]2CCS(=O)(=O)C2)cc1. The largest absolute Gasteiger partial charge is 0.345 e. The van der Waals surface area contributed by atoms with Gasteiger partial charge in [0.05, 0.1) is 11.5 Å². The van der Waals surface area contributed by atoms with Crippen LogP contribution >= 0.6 is 12.2 Å². The first-order valence-electron chi connectivity index (χ1n) is 9.20. The highest BCUT2D eigenvalue weighted by atomic mass is 32.2. The smallest absolute Gasteiger partial charge is 0.173 e. The quantitative estimate of drug-likeness (QED) is 0.714. The maximum atomic E-state index is 11.9. The van der Waals surface area contributed by atoms with Gasteiger partial charge in [-0.2, -0.15) is 0 Å². The molecule has 0 spiro atoms. The monoisotopic (exact) mass is 397 g/mol. The number of hydrogen-bond donors (Lipinski definition) is 1. The van der Waals surface area contributed by atoms with Crippen molar-refractivity contribution in [2.24, 2.45) is 0 Å². The van der Waals surface area contributed by atoms with Crippen LogP contribution in [0.4, 0.5) is 5.69 Å². The van der Waals surface area contributed by atoms with E-state index >= 15 is 0 Å². The van der Waals surface area contributed by atoms with Crippen molar-refractivity contribution in [2.75, 3.05) is 44.0 Å². The first-order valence-corrected chi connectivity index (χ1v) is 11.4. The van der Waals surface area contributed by atoms with Gasteiger partial charge in [0, 0.05) is 18.3 Å². The predicted molar refractivity (Wildman–Crippen MR) is 114 cm³/mol. The Balaban J connectivity index is 2.06. The predicted octanol–water partition coefficient (Wildman–Crippen LogP) is 2.95. The van der Waals surface area contributed by atoms with Gasteiger partial charge in [0.15, 0.2) is 14.9 Å². The van der Waals surface area contributed by atoms with Gasteiger partial charge >= 0.3 is 0 Å². The summed E-state index contributed by atoms with van der Waals surface area (Å²) in [7, 11) is 1.13. The first kappa shape index (κ1) is 21.1. The zero-order valence-electron chi connectivity index (χ0n) is 16.2. The van der Waals surface area contributed by atoms with Gasteiger partial charge in [-0.3, -0.25) is 0 Å². The minimum absolute atomic E-state index is 0.0305. The Morgan fingerprint density at radius 1 is 1.23 bits per heavy atom. The molecule has 1 aromatic carbocycles. The number of rotatable bonds is 7. The van der Waals surface area contributed by atoms with E-state index in [2.05, 4.69) is 41.1 Å². The number of benzene rings is 1. The Morgan fingerprint density at radius 2 is 1.88 bits per heavy atom. The van der Waals surface area contributed by atoms with Crippen molar-refractivity contribution in [1.82, 2.24) is 9.80 Å². The Bertz CT molecular complexity index is 700. The molecule has 7 heteroatoms. The number of nitrogens with zero attached hydrogens (tertiary/aromatic N) is 2. The minimum atomic E-state index is -2.94. The molecule has 5 nitrogen and oxygen atoms in total. The molecule has 1 atom stereocenters. The van der Waals surface area contributed by atoms with Crippen LogP contribution in [0.2, 0.25) is 0 Å². The fourth-order valence-electron chi connectivity index (χ4n) is 3.18. The molecule has 1 fully saturated rings. The molecule has 0 bridgehead atoms. The molecule has 2 rings (SSSR count). The Morgan fingerprint density at radius 3 is 2.38 bits per heavy atom. The second-order valence-electron chi connectivity index (χ2n) is 7.61. The van der Waals surface area contributed by atoms with Crippen LogP contribution < -0.4 is 5.32 Å². The van der Waals surface area contributed by atoms with Gasteiger partial charge in [-0.15, -0.1) is 0 Å². The summed E-state index contributed by atoms with van der Waals surface area (Å²) in [6, 6.07) is 8.24. The van der Waals surface area contributed by atoms with Gasteiger partial charge in [0.1, 0.15) is 0 Å². The second kappa shape index (κ2) is 9.15. The van der Waals surface area contributed by atoms with Gasteiger partial charge in [-0.1, -0.05) is 26.0 Å². The summed E-state index contributed by atoms with van der Waals surface area (Å²) in [5, 5.41) is 3.91. The van der Waals surface area contributed by atoms with Crippen LogP contribution in [0.25, 0.3) is 0 Å². The molecule has 0 aromatic heterocycles. The molecule has 0 radical (unpaired) electrons. The molecule has 1 aromatic rings. The third kappa shape index (κ3) is 6.21. The van der Waals surface area contributed by atoms with Crippen molar-refractivity contribution in [1.29, 1.82) is 0 Å².